The van der Waals surface area contributed by atoms with E-state index < -0.39 is 0 Å². The lowest BCUT2D eigenvalue weighted by Crippen LogP contribution is -2.47. The molecule has 0 N–H and O–H groups in total. The fourth-order valence-electron chi connectivity index (χ4n) is 2.95. The molecule has 2 aliphatic rings. The van der Waals surface area contributed by atoms with Crippen molar-refractivity contribution in [1.82, 2.24) is 14.9 Å². The first-order valence-corrected chi connectivity index (χ1v) is 7.90. The summed E-state index contributed by atoms with van der Waals surface area (Å²) >= 11 is 0. The van der Waals surface area contributed by atoms with Gasteiger partial charge in [-0.05, 0) is 45.6 Å². The highest BCUT2D eigenvalue weighted by Crippen LogP contribution is 2.37. The fourth-order valence-corrected chi connectivity index (χ4v) is 2.95. The van der Waals surface area contributed by atoms with Crippen LogP contribution >= 0.6 is 0 Å². The van der Waals surface area contributed by atoms with E-state index in [1.807, 2.05) is 4.90 Å². The van der Waals surface area contributed by atoms with Crippen LogP contribution in [0.4, 0.5) is 0 Å². The summed E-state index contributed by atoms with van der Waals surface area (Å²) in [5, 5.41) is 0. The second kappa shape index (κ2) is 6.10. The van der Waals surface area contributed by atoms with Gasteiger partial charge in [0.2, 0.25) is 0 Å². The van der Waals surface area contributed by atoms with E-state index in [1.165, 1.54) is 0 Å². The van der Waals surface area contributed by atoms with Crippen molar-refractivity contribution in [1.29, 1.82) is 0 Å². The van der Waals surface area contributed by atoms with Crippen LogP contribution in [0.3, 0.4) is 0 Å². The molecule has 1 aromatic heterocycles. The molecule has 1 saturated heterocycles. The van der Waals surface area contributed by atoms with Crippen LogP contribution in [0.1, 0.15) is 61.8 Å². The number of ether oxygens (including phenoxy) is 1. The molecule has 3 rings (SSSR count). The molecule has 0 spiro atoms. The van der Waals surface area contributed by atoms with Gasteiger partial charge in [-0.15, -0.1) is 0 Å². The summed E-state index contributed by atoms with van der Waals surface area (Å²) in [6, 6.07) is 2.16. The molecule has 5 heteroatoms. The van der Waals surface area contributed by atoms with Crippen LogP contribution in [0, 0.1) is 0 Å². The van der Waals surface area contributed by atoms with Crippen molar-refractivity contribution in [2.75, 3.05) is 13.2 Å². The van der Waals surface area contributed by atoms with Crippen LogP contribution in [0.5, 0.6) is 0 Å². The smallest absolute Gasteiger partial charge is 0.273 e. The number of amides is 1. The van der Waals surface area contributed by atoms with E-state index in [2.05, 4.69) is 23.8 Å². The zero-order valence-corrected chi connectivity index (χ0v) is 12.8. The largest absolute Gasteiger partial charge is 0.381 e. The first-order chi connectivity index (χ1) is 10.2. The molecular formula is C16H23N3O2. The average Bonchev–Trinajstić information content (AvgIpc) is 3.33. The molecular weight excluding hydrogens is 266 g/mol. The highest BCUT2D eigenvalue weighted by atomic mass is 16.5. The van der Waals surface area contributed by atoms with Crippen molar-refractivity contribution in [3.05, 3.63) is 23.8 Å². The average molecular weight is 289 g/mol. The predicted octanol–water partition coefficient (Wildman–Crippen LogP) is 2.38. The zero-order chi connectivity index (χ0) is 14.8. The summed E-state index contributed by atoms with van der Waals surface area (Å²) in [6.45, 7) is 5.60. The van der Waals surface area contributed by atoms with Crippen LogP contribution < -0.4 is 0 Å². The number of carbonyl (C=O) groups excluding carboxylic acids is 1. The molecule has 2 fully saturated rings. The van der Waals surface area contributed by atoms with E-state index >= 15 is 0 Å². The summed E-state index contributed by atoms with van der Waals surface area (Å²) in [6.07, 6.45) is 5.82. The minimum absolute atomic E-state index is 0.0289. The Labute approximate surface area is 125 Å². The van der Waals surface area contributed by atoms with Crippen molar-refractivity contribution < 1.29 is 9.53 Å². The van der Waals surface area contributed by atoms with Gasteiger partial charge in [-0.25, -0.2) is 9.97 Å². The Kier molecular flexibility index (Phi) is 4.19. The SMILES string of the molecule is CC(C)N(C(=O)c1ccnc(C2CC2)n1)C1CCOCC1. The van der Waals surface area contributed by atoms with Gasteiger partial charge in [0.05, 0.1) is 0 Å². The van der Waals surface area contributed by atoms with Crippen molar-refractivity contribution in [3.63, 3.8) is 0 Å². The van der Waals surface area contributed by atoms with Crippen molar-refractivity contribution in [2.24, 2.45) is 0 Å². The van der Waals surface area contributed by atoms with Gasteiger partial charge in [-0.1, -0.05) is 0 Å². The van der Waals surface area contributed by atoms with Crippen LogP contribution in [-0.2, 0) is 4.74 Å². The lowest BCUT2D eigenvalue weighted by molar-refractivity contribution is 0.0202. The van der Waals surface area contributed by atoms with Gasteiger partial charge in [-0.2, -0.15) is 0 Å². The lowest BCUT2D eigenvalue weighted by atomic mass is 10.0. The van der Waals surface area contributed by atoms with E-state index in [4.69, 9.17) is 4.74 Å². The number of nitrogens with zero attached hydrogens (tertiary/aromatic N) is 3. The van der Waals surface area contributed by atoms with Gasteiger partial charge in [-0.3, -0.25) is 4.79 Å². The minimum atomic E-state index is 0.0289. The second-order valence-electron chi connectivity index (χ2n) is 6.22. The highest BCUT2D eigenvalue weighted by Gasteiger charge is 2.31. The Balaban J connectivity index is 1.81. The Morgan fingerprint density at radius 3 is 2.62 bits per heavy atom. The molecule has 1 aromatic rings. The third-order valence-electron chi connectivity index (χ3n) is 4.21. The number of carbonyl (C=O) groups is 1. The molecule has 1 aliphatic carbocycles. The van der Waals surface area contributed by atoms with Crippen LogP contribution in [0.15, 0.2) is 12.3 Å². The van der Waals surface area contributed by atoms with E-state index in [1.54, 1.807) is 12.3 Å². The van der Waals surface area contributed by atoms with Crippen LogP contribution in [0.25, 0.3) is 0 Å². The molecule has 0 bridgehead atoms. The maximum atomic E-state index is 12.9. The molecule has 114 valence electrons. The maximum Gasteiger partial charge on any atom is 0.273 e. The molecule has 21 heavy (non-hydrogen) atoms. The molecule has 0 radical (unpaired) electrons. The fraction of sp³-hybridized carbons (Fsp3) is 0.688. The molecule has 0 unspecified atom stereocenters. The van der Waals surface area contributed by atoms with Crippen molar-refractivity contribution in [3.8, 4) is 0 Å². The topological polar surface area (TPSA) is 55.3 Å². The first-order valence-electron chi connectivity index (χ1n) is 7.90. The number of hydrogen-bond donors (Lipinski definition) is 0. The Hall–Kier alpha value is -1.49. The molecule has 0 atom stereocenters. The monoisotopic (exact) mass is 289 g/mol. The van der Waals surface area contributed by atoms with Gasteiger partial charge in [0, 0.05) is 37.4 Å². The number of rotatable bonds is 4. The Bertz CT molecular complexity index is 508. The lowest BCUT2D eigenvalue weighted by Gasteiger charge is -2.37. The molecule has 2 heterocycles. The van der Waals surface area contributed by atoms with Gasteiger partial charge in [0.15, 0.2) is 0 Å². The molecule has 0 aromatic carbocycles. The first kappa shape index (κ1) is 14.4. The highest BCUT2D eigenvalue weighted by molar-refractivity contribution is 5.92. The van der Waals surface area contributed by atoms with E-state index in [9.17, 15) is 4.79 Å². The third-order valence-corrected chi connectivity index (χ3v) is 4.21. The van der Waals surface area contributed by atoms with Crippen LogP contribution in [0.2, 0.25) is 0 Å². The van der Waals surface area contributed by atoms with Crippen LogP contribution in [-0.4, -0.2) is 46.1 Å². The van der Waals surface area contributed by atoms with Gasteiger partial charge in [0.1, 0.15) is 11.5 Å². The van der Waals surface area contributed by atoms with E-state index in [0.29, 0.717) is 11.6 Å². The third kappa shape index (κ3) is 3.23. The van der Waals surface area contributed by atoms with Crippen molar-refractivity contribution in [2.45, 2.75) is 57.5 Å². The van der Waals surface area contributed by atoms with Gasteiger partial charge < -0.3 is 9.64 Å². The summed E-state index contributed by atoms with van der Waals surface area (Å²) in [5.74, 6) is 1.33. The minimum Gasteiger partial charge on any atom is -0.381 e. The van der Waals surface area contributed by atoms with Gasteiger partial charge in [0.25, 0.3) is 5.91 Å². The molecule has 1 amide bonds. The Morgan fingerprint density at radius 1 is 1.29 bits per heavy atom. The van der Waals surface area contributed by atoms with E-state index in [0.717, 1.165) is 44.7 Å². The number of hydrogen-bond acceptors (Lipinski definition) is 4. The quantitative estimate of drug-likeness (QED) is 0.854. The van der Waals surface area contributed by atoms with E-state index in [-0.39, 0.29) is 18.0 Å². The molecule has 1 saturated carbocycles. The Morgan fingerprint density at radius 2 is 2.00 bits per heavy atom. The second-order valence-corrected chi connectivity index (χ2v) is 6.22. The van der Waals surface area contributed by atoms with Gasteiger partial charge >= 0.3 is 0 Å². The molecule has 1 aliphatic heterocycles. The summed E-state index contributed by atoms with van der Waals surface area (Å²) < 4.78 is 5.41. The number of aromatic nitrogens is 2. The summed E-state index contributed by atoms with van der Waals surface area (Å²) in [5.41, 5.74) is 0.534. The maximum absolute atomic E-state index is 12.9. The normalized spacial score (nSPS) is 19.8. The summed E-state index contributed by atoms with van der Waals surface area (Å²) in [4.78, 5) is 23.6. The predicted molar refractivity (Wildman–Crippen MR) is 79.2 cm³/mol. The molecule has 5 nitrogen and oxygen atoms in total. The van der Waals surface area contributed by atoms with Crippen molar-refractivity contribution >= 4 is 5.91 Å². The zero-order valence-electron chi connectivity index (χ0n) is 12.8. The standard InChI is InChI=1S/C16H23N3O2/c1-11(2)19(13-6-9-21-10-7-13)16(20)14-5-8-17-15(18-14)12-3-4-12/h5,8,11-13H,3-4,6-7,9-10H2,1-2H3. The summed E-state index contributed by atoms with van der Waals surface area (Å²) in [7, 11) is 0.